The number of nitro groups is 1. The first-order chi connectivity index (χ1) is 13.5. The van der Waals surface area contributed by atoms with E-state index >= 15 is 0 Å². The minimum atomic E-state index is -0.772. The van der Waals surface area contributed by atoms with E-state index in [2.05, 4.69) is 5.32 Å². The predicted octanol–water partition coefficient (Wildman–Crippen LogP) is 2.82. The normalized spacial score (nSPS) is 14.5. The van der Waals surface area contributed by atoms with E-state index in [1.807, 2.05) is 4.90 Å². The van der Waals surface area contributed by atoms with Crippen molar-refractivity contribution in [2.24, 2.45) is 0 Å². The number of nitrogens with zero attached hydrogens (tertiary/aromatic N) is 2. The molecule has 1 fully saturated rings. The third-order valence-corrected chi connectivity index (χ3v) is 4.54. The smallest absolute Gasteiger partial charge is 0.341 e. The van der Waals surface area contributed by atoms with Gasteiger partial charge in [0.25, 0.3) is 11.6 Å². The molecule has 9 nitrogen and oxygen atoms in total. The molecule has 1 aliphatic rings. The van der Waals surface area contributed by atoms with Gasteiger partial charge in [-0.25, -0.2) is 4.79 Å². The van der Waals surface area contributed by atoms with Crippen LogP contribution in [-0.2, 0) is 9.53 Å². The van der Waals surface area contributed by atoms with Gasteiger partial charge in [0.1, 0.15) is 5.76 Å². The molecule has 148 valence electrons. The van der Waals surface area contributed by atoms with Crippen LogP contribution in [0.2, 0.25) is 0 Å². The molecular formula is C19H21N3O6. The number of hydrogen-bond donors (Lipinski definition) is 1. The molecule has 1 atom stereocenters. The molecule has 1 aromatic heterocycles. The van der Waals surface area contributed by atoms with E-state index in [-0.39, 0.29) is 17.3 Å². The number of nitro benzene ring substituents is 1. The molecule has 0 unspecified atom stereocenters. The number of esters is 1. The maximum atomic E-state index is 12.5. The van der Waals surface area contributed by atoms with E-state index in [1.54, 1.807) is 25.1 Å². The van der Waals surface area contributed by atoms with E-state index in [9.17, 15) is 19.7 Å². The van der Waals surface area contributed by atoms with E-state index < -0.39 is 23.4 Å². The molecule has 0 radical (unpaired) electrons. The first-order valence-electron chi connectivity index (χ1n) is 8.99. The van der Waals surface area contributed by atoms with Crippen molar-refractivity contribution in [2.75, 3.05) is 24.6 Å². The summed E-state index contributed by atoms with van der Waals surface area (Å²) < 4.78 is 10.3. The van der Waals surface area contributed by atoms with Gasteiger partial charge in [-0.15, -0.1) is 0 Å². The van der Waals surface area contributed by atoms with Gasteiger partial charge in [0.15, 0.2) is 6.61 Å². The summed E-state index contributed by atoms with van der Waals surface area (Å²) in [6.45, 7) is 2.77. The monoisotopic (exact) mass is 387 g/mol. The first-order valence-corrected chi connectivity index (χ1v) is 8.99. The Balaban J connectivity index is 1.67. The summed E-state index contributed by atoms with van der Waals surface area (Å²) in [4.78, 5) is 37.1. The lowest BCUT2D eigenvalue weighted by Crippen LogP contribution is -2.31. The summed E-state index contributed by atoms with van der Waals surface area (Å²) in [6, 6.07) is 7.17. The average molecular weight is 387 g/mol. The number of nitrogens with one attached hydrogen (secondary N) is 1. The number of hydrogen-bond acceptors (Lipinski definition) is 7. The van der Waals surface area contributed by atoms with Crippen LogP contribution in [0, 0.1) is 10.1 Å². The Kier molecular flexibility index (Phi) is 5.93. The molecule has 9 heteroatoms. The van der Waals surface area contributed by atoms with Gasteiger partial charge in [0, 0.05) is 25.2 Å². The summed E-state index contributed by atoms with van der Waals surface area (Å²) in [5.41, 5.74) is 0.464. The first kappa shape index (κ1) is 19.4. The molecule has 1 amide bonds. The zero-order chi connectivity index (χ0) is 20.1. The zero-order valence-corrected chi connectivity index (χ0v) is 15.4. The van der Waals surface area contributed by atoms with Crippen molar-refractivity contribution in [1.82, 2.24) is 5.32 Å². The fourth-order valence-corrected chi connectivity index (χ4v) is 3.14. The van der Waals surface area contributed by atoms with Crippen molar-refractivity contribution in [2.45, 2.75) is 25.8 Å². The molecule has 0 saturated carbocycles. The average Bonchev–Trinajstić information content (AvgIpc) is 3.39. The Morgan fingerprint density at radius 2 is 2.07 bits per heavy atom. The molecule has 2 aromatic rings. The molecule has 0 aliphatic carbocycles. The summed E-state index contributed by atoms with van der Waals surface area (Å²) in [5.74, 6) is -0.688. The summed E-state index contributed by atoms with van der Waals surface area (Å²) in [6.07, 6.45) is 3.47. The summed E-state index contributed by atoms with van der Waals surface area (Å²) >= 11 is 0. The molecular weight excluding hydrogens is 366 g/mol. The number of benzene rings is 1. The Hall–Kier alpha value is -3.36. The SMILES string of the molecule is C[C@@H](NC(=O)COC(=O)c1cc([N+](=O)[O-])ccc1N1CCCC1)c1ccco1. The number of anilines is 1. The van der Waals surface area contributed by atoms with Crippen molar-refractivity contribution >= 4 is 23.3 Å². The minimum Gasteiger partial charge on any atom is -0.467 e. The number of furan rings is 1. The lowest BCUT2D eigenvalue weighted by molar-refractivity contribution is -0.384. The van der Waals surface area contributed by atoms with Crippen LogP contribution in [0.3, 0.4) is 0 Å². The van der Waals surface area contributed by atoms with Crippen LogP contribution in [0.15, 0.2) is 41.0 Å². The quantitative estimate of drug-likeness (QED) is 0.441. The second kappa shape index (κ2) is 8.55. The van der Waals surface area contributed by atoms with Gasteiger partial charge in [0.2, 0.25) is 0 Å². The molecule has 1 N–H and O–H groups in total. The molecule has 3 rings (SSSR count). The fourth-order valence-electron chi connectivity index (χ4n) is 3.14. The van der Waals surface area contributed by atoms with Gasteiger partial charge < -0.3 is 19.4 Å². The van der Waals surface area contributed by atoms with Crippen LogP contribution >= 0.6 is 0 Å². The lowest BCUT2D eigenvalue weighted by atomic mass is 10.1. The van der Waals surface area contributed by atoms with Gasteiger partial charge >= 0.3 is 5.97 Å². The molecule has 28 heavy (non-hydrogen) atoms. The Morgan fingerprint density at radius 1 is 1.32 bits per heavy atom. The van der Waals surface area contributed by atoms with Crippen molar-refractivity contribution in [3.8, 4) is 0 Å². The number of carbonyl (C=O) groups excluding carboxylic acids is 2. The number of amides is 1. The van der Waals surface area contributed by atoms with Gasteiger partial charge in [-0.05, 0) is 38.0 Å². The standard InChI is InChI=1S/C19H21N3O6/c1-13(17-5-4-10-27-17)20-18(23)12-28-19(24)15-11-14(22(25)26)6-7-16(15)21-8-2-3-9-21/h4-7,10-11,13H,2-3,8-9,12H2,1H3,(H,20,23)/t13-/m1/s1. The van der Waals surface area contributed by atoms with E-state index in [0.29, 0.717) is 11.4 Å². The van der Waals surface area contributed by atoms with E-state index in [4.69, 9.17) is 9.15 Å². The molecule has 0 spiro atoms. The Labute approximate surface area is 161 Å². The second-order valence-electron chi connectivity index (χ2n) is 6.53. The third-order valence-electron chi connectivity index (χ3n) is 4.54. The van der Waals surface area contributed by atoms with Gasteiger partial charge in [0.05, 0.1) is 28.5 Å². The zero-order valence-electron chi connectivity index (χ0n) is 15.4. The van der Waals surface area contributed by atoms with Crippen LogP contribution in [0.1, 0.15) is 41.9 Å². The second-order valence-corrected chi connectivity index (χ2v) is 6.53. The lowest BCUT2D eigenvalue weighted by Gasteiger charge is -2.20. The third kappa shape index (κ3) is 4.48. The molecule has 1 saturated heterocycles. The van der Waals surface area contributed by atoms with E-state index in [1.165, 1.54) is 18.4 Å². The van der Waals surface area contributed by atoms with Crippen LogP contribution in [0.25, 0.3) is 0 Å². The highest BCUT2D eigenvalue weighted by molar-refractivity contribution is 5.97. The predicted molar refractivity (Wildman–Crippen MR) is 100 cm³/mol. The van der Waals surface area contributed by atoms with Crippen molar-refractivity contribution in [3.05, 3.63) is 58.0 Å². The maximum absolute atomic E-state index is 12.5. The summed E-state index contributed by atoms with van der Waals surface area (Å²) in [7, 11) is 0. The van der Waals surface area contributed by atoms with Crippen molar-refractivity contribution in [1.29, 1.82) is 0 Å². The molecule has 1 aliphatic heterocycles. The van der Waals surface area contributed by atoms with Crippen LogP contribution in [-0.4, -0.2) is 36.5 Å². The van der Waals surface area contributed by atoms with E-state index in [0.717, 1.165) is 25.9 Å². The Bertz CT molecular complexity index is 859. The number of ether oxygens (including phenoxy) is 1. The summed E-state index contributed by atoms with van der Waals surface area (Å²) in [5, 5.41) is 13.7. The van der Waals surface area contributed by atoms with Crippen LogP contribution < -0.4 is 10.2 Å². The highest BCUT2D eigenvalue weighted by Gasteiger charge is 2.24. The maximum Gasteiger partial charge on any atom is 0.341 e. The van der Waals surface area contributed by atoms with Crippen molar-refractivity contribution in [3.63, 3.8) is 0 Å². The number of non-ortho nitro benzene ring substituents is 1. The van der Waals surface area contributed by atoms with Gasteiger partial charge in [-0.3, -0.25) is 14.9 Å². The highest BCUT2D eigenvalue weighted by Crippen LogP contribution is 2.29. The minimum absolute atomic E-state index is 0.0861. The van der Waals surface area contributed by atoms with Gasteiger partial charge in [-0.1, -0.05) is 0 Å². The van der Waals surface area contributed by atoms with Gasteiger partial charge in [-0.2, -0.15) is 0 Å². The Morgan fingerprint density at radius 3 is 2.71 bits per heavy atom. The van der Waals surface area contributed by atoms with Crippen molar-refractivity contribution < 1.29 is 23.7 Å². The molecule has 2 heterocycles. The molecule has 0 bridgehead atoms. The number of rotatable bonds is 7. The highest BCUT2D eigenvalue weighted by atomic mass is 16.6. The van der Waals surface area contributed by atoms with Crippen LogP contribution in [0.4, 0.5) is 11.4 Å². The van der Waals surface area contributed by atoms with Crippen LogP contribution in [0.5, 0.6) is 0 Å². The number of carbonyl (C=O) groups is 2. The topological polar surface area (TPSA) is 115 Å². The molecule has 1 aromatic carbocycles. The fraction of sp³-hybridized carbons (Fsp3) is 0.368. The largest absolute Gasteiger partial charge is 0.467 e.